The molecule has 1 saturated heterocycles. The van der Waals surface area contributed by atoms with Gasteiger partial charge in [-0.2, -0.15) is 0 Å². The van der Waals surface area contributed by atoms with Gasteiger partial charge in [0.15, 0.2) is 6.29 Å². The SMILES string of the molecule is OC(CCN1CCC(O)(c2cnc3ccccc3n2)CC1)Oc1ccc2c(c1)[nH]c1ccccc12. The minimum absolute atomic E-state index is 0.485. The quantitative estimate of drug-likeness (QED) is 0.321. The summed E-state index contributed by atoms with van der Waals surface area (Å²) in [6, 6.07) is 21.7. The number of benzene rings is 3. The number of likely N-dealkylation sites (tertiary alicyclic amines) is 1. The van der Waals surface area contributed by atoms with Gasteiger partial charge in [0.25, 0.3) is 0 Å². The Morgan fingerprint density at radius 3 is 2.54 bits per heavy atom. The highest BCUT2D eigenvalue weighted by Gasteiger charge is 2.35. The zero-order chi connectivity index (χ0) is 23.8. The molecule has 1 fully saturated rings. The number of hydrogen-bond acceptors (Lipinski definition) is 6. The summed E-state index contributed by atoms with van der Waals surface area (Å²) < 4.78 is 5.80. The van der Waals surface area contributed by atoms with Gasteiger partial charge in [-0.1, -0.05) is 30.3 Å². The molecule has 2 aromatic heterocycles. The molecule has 0 amide bonds. The Bertz CT molecular complexity index is 1490. The van der Waals surface area contributed by atoms with Crippen LogP contribution in [0.2, 0.25) is 0 Å². The van der Waals surface area contributed by atoms with Crippen molar-refractivity contribution in [3.63, 3.8) is 0 Å². The van der Waals surface area contributed by atoms with Crippen LogP contribution in [0.25, 0.3) is 32.8 Å². The number of piperidine rings is 1. The number of aliphatic hydroxyl groups excluding tert-OH is 1. The molecular formula is C28H28N4O3. The fourth-order valence-electron chi connectivity index (χ4n) is 5.00. The van der Waals surface area contributed by atoms with E-state index in [9.17, 15) is 10.2 Å². The average Bonchev–Trinajstić information content (AvgIpc) is 3.26. The number of rotatable bonds is 6. The van der Waals surface area contributed by atoms with Gasteiger partial charge in [-0.3, -0.25) is 4.98 Å². The number of aromatic amines is 1. The van der Waals surface area contributed by atoms with Gasteiger partial charge in [-0.25, -0.2) is 4.98 Å². The lowest BCUT2D eigenvalue weighted by Crippen LogP contribution is -2.44. The number of aliphatic hydroxyl groups is 2. The van der Waals surface area contributed by atoms with Gasteiger partial charge in [0.05, 0.1) is 28.4 Å². The fraction of sp³-hybridized carbons (Fsp3) is 0.286. The smallest absolute Gasteiger partial charge is 0.198 e. The monoisotopic (exact) mass is 468 g/mol. The Labute approximate surface area is 203 Å². The van der Waals surface area contributed by atoms with Crippen LogP contribution in [0, 0.1) is 0 Å². The van der Waals surface area contributed by atoms with Crippen molar-refractivity contribution in [2.75, 3.05) is 19.6 Å². The molecule has 3 aromatic carbocycles. The number of nitrogens with one attached hydrogen (secondary N) is 1. The Morgan fingerprint density at radius 2 is 1.69 bits per heavy atom. The topological polar surface area (TPSA) is 94.5 Å². The van der Waals surface area contributed by atoms with Crippen LogP contribution in [0.4, 0.5) is 0 Å². The lowest BCUT2D eigenvalue weighted by atomic mass is 9.88. The van der Waals surface area contributed by atoms with Gasteiger partial charge >= 0.3 is 0 Å². The molecule has 1 aliphatic rings. The van der Waals surface area contributed by atoms with Crippen molar-refractivity contribution in [3.8, 4) is 5.75 Å². The average molecular weight is 469 g/mol. The van der Waals surface area contributed by atoms with E-state index in [1.54, 1.807) is 6.20 Å². The van der Waals surface area contributed by atoms with Gasteiger partial charge < -0.3 is 24.8 Å². The number of H-pyrrole nitrogens is 1. The second-order valence-corrected chi connectivity index (χ2v) is 9.36. The maximum absolute atomic E-state index is 11.2. The third-order valence-corrected chi connectivity index (χ3v) is 7.05. The molecule has 7 nitrogen and oxygen atoms in total. The fourth-order valence-corrected chi connectivity index (χ4v) is 5.00. The summed E-state index contributed by atoms with van der Waals surface area (Å²) in [5.74, 6) is 0.638. The molecule has 5 aromatic rings. The van der Waals surface area contributed by atoms with Gasteiger partial charge in [0.1, 0.15) is 11.4 Å². The number of fused-ring (bicyclic) bond motifs is 4. The van der Waals surface area contributed by atoms with Crippen LogP contribution in [0.5, 0.6) is 5.75 Å². The first-order valence-electron chi connectivity index (χ1n) is 12.1. The molecule has 0 spiro atoms. The molecule has 1 aliphatic heterocycles. The van der Waals surface area contributed by atoms with Crippen LogP contribution in [-0.4, -0.2) is 56.0 Å². The number of aromatic nitrogens is 3. The van der Waals surface area contributed by atoms with Crippen molar-refractivity contribution in [3.05, 3.63) is 78.6 Å². The molecule has 7 heteroatoms. The summed E-state index contributed by atoms with van der Waals surface area (Å²) in [4.78, 5) is 14.8. The summed E-state index contributed by atoms with van der Waals surface area (Å²) in [5.41, 5.74) is 3.36. The molecule has 3 N–H and O–H groups in total. The largest absolute Gasteiger partial charge is 0.465 e. The summed E-state index contributed by atoms with van der Waals surface area (Å²) >= 11 is 0. The molecule has 0 radical (unpaired) electrons. The van der Waals surface area contributed by atoms with Crippen molar-refractivity contribution in [2.45, 2.75) is 31.2 Å². The molecule has 1 atom stereocenters. The van der Waals surface area contributed by atoms with E-state index < -0.39 is 11.9 Å². The Kier molecular flexibility index (Phi) is 5.60. The van der Waals surface area contributed by atoms with E-state index in [1.165, 1.54) is 5.39 Å². The maximum Gasteiger partial charge on any atom is 0.198 e. The first-order chi connectivity index (χ1) is 17.1. The first-order valence-corrected chi connectivity index (χ1v) is 12.1. The van der Waals surface area contributed by atoms with Crippen LogP contribution in [0.1, 0.15) is 25.0 Å². The van der Waals surface area contributed by atoms with Crippen LogP contribution < -0.4 is 4.74 Å². The second-order valence-electron chi connectivity index (χ2n) is 9.36. The number of nitrogens with zero attached hydrogens (tertiary/aromatic N) is 3. The lowest BCUT2D eigenvalue weighted by molar-refractivity contribution is -0.0491. The molecule has 178 valence electrons. The second kappa shape index (κ2) is 8.92. The molecule has 0 aliphatic carbocycles. The molecule has 1 unspecified atom stereocenters. The van der Waals surface area contributed by atoms with Crippen LogP contribution >= 0.6 is 0 Å². The van der Waals surface area contributed by atoms with Gasteiger partial charge in [-0.15, -0.1) is 0 Å². The standard InChI is InChI=1S/C28H28N4O3/c33-27(35-19-9-10-21-20-5-1-2-6-22(20)30-25(21)17-19)11-14-32-15-12-28(34,13-16-32)26-18-29-23-7-3-4-8-24(23)31-26/h1-10,17-18,27,30,33-34H,11-16H2. The molecule has 0 bridgehead atoms. The van der Waals surface area contributed by atoms with E-state index in [-0.39, 0.29) is 0 Å². The van der Waals surface area contributed by atoms with E-state index in [2.05, 4.69) is 32.0 Å². The first kappa shape index (κ1) is 22.0. The third-order valence-electron chi connectivity index (χ3n) is 7.05. The third kappa shape index (κ3) is 4.34. The molecule has 3 heterocycles. The highest BCUT2D eigenvalue weighted by Crippen LogP contribution is 2.32. The van der Waals surface area contributed by atoms with Crippen molar-refractivity contribution in [2.24, 2.45) is 0 Å². The highest BCUT2D eigenvalue weighted by molar-refractivity contribution is 6.07. The molecular weight excluding hydrogens is 440 g/mol. The van der Waals surface area contributed by atoms with Crippen LogP contribution in [0.3, 0.4) is 0 Å². The summed E-state index contributed by atoms with van der Waals surface area (Å²) in [5, 5.41) is 24.0. The highest BCUT2D eigenvalue weighted by atomic mass is 16.6. The van der Waals surface area contributed by atoms with Crippen molar-refractivity contribution < 1.29 is 14.9 Å². The minimum atomic E-state index is -0.975. The summed E-state index contributed by atoms with van der Waals surface area (Å²) in [7, 11) is 0. The number of para-hydroxylation sites is 3. The predicted molar refractivity (Wildman–Crippen MR) is 136 cm³/mol. The maximum atomic E-state index is 11.2. The van der Waals surface area contributed by atoms with Crippen molar-refractivity contribution in [1.29, 1.82) is 0 Å². The predicted octanol–water partition coefficient (Wildman–Crippen LogP) is 4.34. The minimum Gasteiger partial charge on any atom is -0.465 e. The molecule has 6 rings (SSSR count). The van der Waals surface area contributed by atoms with E-state index in [0.717, 1.165) is 40.5 Å². The van der Waals surface area contributed by atoms with Crippen LogP contribution in [0.15, 0.2) is 72.9 Å². The van der Waals surface area contributed by atoms with Gasteiger partial charge in [0.2, 0.25) is 0 Å². The zero-order valence-electron chi connectivity index (χ0n) is 19.4. The Balaban J connectivity index is 1.04. The Hall–Kier alpha value is -3.52. The Morgan fingerprint density at radius 1 is 0.943 bits per heavy atom. The summed E-state index contributed by atoms with van der Waals surface area (Å²) in [6.45, 7) is 2.13. The van der Waals surface area contributed by atoms with Gasteiger partial charge in [-0.05, 0) is 43.2 Å². The van der Waals surface area contributed by atoms with Crippen molar-refractivity contribution in [1.82, 2.24) is 19.9 Å². The van der Waals surface area contributed by atoms with E-state index >= 15 is 0 Å². The van der Waals surface area contributed by atoms with Crippen LogP contribution in [-0.2, 0) is 5.60 Å². The van der Waals surface area contributed by atoms with E-state index in [4.69, 9.17) is 4.74 Å². The van der Waals surface area contributed by atoms with Crippen molar-refractivity contribution >= 4 is 32.8 Å². The zero-order valence-corrected chi connectivity index (χ0v) is 19.4. The summed E-state index contributed by atoms with van der Waals surface area (Å²) in [6.07, 6.45) is 2.43. The number of hydrogen-bond donors (Lipinski definition) is 3. The van der Waals surface area contributed by atoms with E-state index in [0.29, 0.717) is 37.3 Å². The normalized spacial score (nSPS) is 17.2. The lowest BCUT2D eigenvalue weighted by Gasteiger charge is -2.37. The molecule has 0 saturated carbocycles. The number of ether oxygens (including phenoxy) is 1. The van der Waals surface area contributed by atoms with Gasteiger partial charge in [0, 0.05) is 48.4 Å². The van der Waals surface area contributed by atoms with E-state index in [1.807, 2.05) is 54.6 Å². The molecule has 35 heavy (non-hydrogen) atoms.